The van der Waals surface area contributed by atoms with E-state index in [1.54, 1.807) is 4.90 Å². The predicted octanol–water partition coefficient (Wildman–Crippen LogP) is 0.559. The van der Waals surface area contributed by atoms with Crippen LogP contribution in [0.2, 0.25) is 0 Å². The highest BCUT2D eigenvalue weighted by molar-refractivity contribution is 5.90. The van der Waals surface area contributed by atoms with Gasteiger partial charge in [0.25, 0.3) is 0 Å². The number of Topliss-reactive ketones (excluding diaryl/α,β-unsaturated/α-hetero) is 1. The molecule has 0 saturated carbocycles. The molecule has 0 aliphatic carbocycles. The van der Waals surface area contributed by atoms with Crippen LogP contribution >= 0.6 is 0 Å². The van der Waals surface area contributed by atoms with E-state index in [9.17, 15) is 9.59 Å². The molecular formula is C10H10N2O3. The lowest BCUT2D eigenvalue weighted by molar-refractivity contribution is -0.116. The highest BCUT2D eigenvalue weighted by Gasteiger charge is 2.20. The summed E-state index contributed by atoms with van der Waals surface area (Å²) in [6.07, 6.45) is 1.96. The van der Waals surface area contributed by atoms with E-state index in [2.05, 4.69) is 4.98 Å². The maximum Gasteiger partial charge on any atom is 0.335 e. The third-order valence-electron chi connectivity index (χ3n) is 2.34. The van der Waals surface area contributed by atoms with Crippen LogP contribution < -0.4 is 4.90 Å². The van der Waals surface area contributed by atoms with E-state index in [0.29, 0.717) is 25.3 Å². The number of pyridine rings is 1. The van der Waals surface area contributed by atoms with Crippen LogP contribution in [0.15, 0.2) is 18.3 Å². The summed E-state index contributed by atoms with van der Waals surface area (Å²) >= 11 is 0. The van der Waals surface area contributed by atoms with Crippen LogP contribution in [0.5, 0.6) is 0 Å². The number of anilines is 1. The Morgan fingerprint density at radius 2 is 2.33 bits per heavy atom. The summed E-state index contributed by atoms with van der Waals surface area (Å²) in [4.78, 5) is 27.6. The molecule has 1 aliphatic rings. The van der Waals surface area contributed by atoms with Crippen molar-refractivity contribution in [1.29, 1.82) is 0 Å². The van der Waals surface area contributed by atoms with Crippen molar-refractivity contribution < 1.29 is 14.7 Å². The fourth-order valence-corrected chi connectivity index (χ4v) is 1.55. The van der Waals surface area contributed by atoms with E-state index in [4.69, 9.17) is 5.11 Å². The minimum atomic E-state index is -0.982. The van der Waals surface area contributed by atoms with Gasteiger partial charge in [-0.3, -0.25) is 4.79 Å². The molecule has 1 aromatic rings. The zero-order valence-electron chi connectivity index (χ0n) is 8.01. The first-order valence-electron chi connectivity index (χ1n) is 4.63. The second-order valence-electron chi connectivity index (χ2n) is 3.42. The van der Waals surface area contributed by atoms with Crippen molar-refractivity contribution in [2.75, 3.05) is 18.0 Å². The Morgan fingerprint density at radius 3 is 2.93 bits per heavy atom. The first-order valence-corrected chi connectivity index (χ1v) is 4.63. The quantitative estimate of drug-likeness (QED) is 0.765. The normalized spacial score (nSPS) is 15.7. The van der Waals surface area contributed by atoms with E-state index >= 15 is 0 Å². The number of aromatic carboxylic acids is 1. The van der Waals surface area contributed by atoms with Crippen molar-refractivity contribution in [1.82, 2.24) is 4.98 Å². The SMILES string of the molecule is O=C1CCN(c2cc(C(=O)O)ccn2)C1. The van der Waals surface area contributed by atoms with Crippen molar-refractivity contribution in [2.24, 2.45) is 0 Å². The first kappa shape index (κ1) is 9.64. The molecular weight excluding hydrogens is 196 g/mol. The molecule has 0 spiro atoms. The minimum Gasteiger partial charge on any atom is -0.478 e. The van der Waals surface area contributed by atoms with Gasteiger partial charge in [-0.2, -0.15) is 0 Å². The van der Waals surface area contributed by atoms with Crippen LogP contribution in [0.3, 0.4) is 0 Å². The number of nitrogens with zero attached hydrogens (tertiary/aromatic N) is 2. The van der Waals surface area contributed by atoms with Gasteiger partial charge in [0.05, 0.1) is 12.1 Å². The van der Waals surface area contributed by atoms with Crippen LogP contribution in [-0.4, -0.2) is 34.9 Å². The molecule has 0 atom stereocenters. The Bertz CT molecular complexity index is 417. The molecule has 1 aromatic heterocycles. The largest absolute Gasteiger partial charge is 0.478 e. The average molecular weight is 206 g/mol. The molecule has 1 saturated heterocycles. The average Bonchev–Trinajstić information content (AvgIpc) is 2.65. The molecule has 78 valence electrons. The zero-order valence-corrected chi connectivity index (χ0v) is 8.01. The van der Waals surface area contributed by atoms with Gasteiger partial charge < -0.3 is 10.0 Å². The Labute approximate surface area is 86.3 Å². The molecule has 0 aromatic carbocycles. The summed E-state index contributed by atoms with van der Waals surface area (Å²) in [5.41, 5.74) is 0.194. The Kier molecular flexibility index (Phi) is 2.37. The smallest absolute Gasteiger partial charge is 0.335 e. The Balaban J connectivity index is 2.25. The van der Waals surface area contributed by atoms with Gasteiger partial charge in [-0.1, -0.05) is 0 Å². The fraction of sp³-hybridized carbons (Fsp3) is 0.300. The number of carboxylic acid groups (broad SMARTS) is 1. The number of carboxylic acids is 1. The predicted molar refractivity (Wildman–Crippen MR) is 53.0 cm³/mol. The highest BCUT2D eigenvalue weighted by atomic mass is 16.4. The number of carbonyl (C=O) groups is 2. The lowest BCUT2D eigenvalue weighted by Gasteiger charge is -2.14. The third-order valence-corrected chi connectivity index (χ3v) is 2.34. The van der Waals surface area contributed by atoms with Crippen molar-refractivity contribution in [3.8, 4) is 0 Å². The van der Waals surface area contributed by atoms with Gasteiger partial charge in [-0.25, -0.2) is 9.78 Å². The lowest BCUT2D eigenvalue weighted by atomic mass is 10.2. The zero-order chi connectivity index (χ0) is 10.8. The van der Waals surface area contributed by atoms with Crippen LogP contribution in [0.25, 0.3) is 0 Å². The van der Waals surface area contributed by atoms with Crippen molar-refractivity contribution in [3.05, 3.63) is 23.9 Å². The van der Waals surface area contributed by atoms with Crippen molar-refractivity contribution in [3.63, 3.8) is 0 Å². The summed E-state index contributed by atoms with van der Waals surface area (Å²) < 4.78 is 0. The lowest BCUT2D eigenvalue weighted by Crippen LogP contribution is -2.21. The topological polar surface area (TPSA) is 70.5 Å². The summed E-state index contributed by atoms with van der Waals surface area (Å²) in [5.74, 6) is -0.262. The van der Waals surface area contributed by atoms with E-state index < -0.39 is 5.97 Å². The standard InChI is InChI=1S/C10H10N2O3/c13-8-2-4-12(6-8)9-5-7(10(14)15)1-3-11-9/h1,3,5H,2,4,6H2,(H,14,15). The van der Waals surface area contributed by atoms with E-state index in [-0.39, 0.29) is 11.3 Å². The van der Waals surface area contributed by atoms with Gasteiger partial charge >= 0.3 is 5.97 Å². The monoisotopic (exact) mass is 206 g/mol. The molecule has 0 bridgehead atoms. The van der Waals surface area contributed by atoms with E-state index in [1.807, 2.05) is 0 Å². The van der Waals surface area contributed by atoms with Gasteiger partial charge in [-0.15, -0.1) is 0 Å². The number of carbonyl (C=O) groups excluding carboxylic acids is 1. The first-order chi connectivity index (χ1) is 7.16. The summed E-state index contributed by atoms with van der Waals surface area (Å²) in [6.45, 7) is 0.949. The second kappa shape index (κ2) is 3.68. The van der Waals surface area contributed by atoms with Crippen LogP contribution in [0.1, 0.15) is 16.8 Å². The molecule has 15 heavy (non-hydrogen) atoms. The van der Waals surface area contributed by atoms with Crippen molar-refractivity contribution in [2.45, 2.75) is 6.42 Å². The number of aromatic nitrogens is 1. The molecule has 1 fully saturated rings. The van der Waals surface area contributed by atoms with Crippen LogP contribution in [0.4, 0.5) is 5.82 Å². The molecule has 2 heterocycles. The Hall–Kier alpha value is -1.91. The number of ketones is 1. The van der Waals surface area contributed by atoms with E-state index in [1.165, 1.54) is 18.3 Å². The molecule has 5 nitrogen and oxygen atoms in total. The van der Waals surface area contributed by atoms with Gasteiger partial charge in [0.1, 0.15) is 5.82 Å². The number of hydrogen-bond donors (Lipinski definition) is 1. The summed E-state index contributed by atoms with van der Waals surface area (Å²) in [7, 11) is 0. The third kappa shape index (κ3) is 1.96. The highest BCUT2D eigenvalue weighted by Crippen LogP contribution is 2.16. The fourth-order valence-electron chi connectivity index (χ4n) is 1.55. The molecule has 0 radical (unpaired) electrons. The van der Waals surface area contributed by atoms with Gasteiger partial charge in [0.2, 0.25) is 0 Å². The van der Waals surface area contributed by atoms with Gasteiger partial charge in [0, 0.05) is 19.2 Å². The summed E-state index contributed by atoms with van der Waals surface area (Å²) in [6, 6.07) is 2.92. The number of rotatable bonds is 2. The molecule has 5 heteroatoms. The van der Waals surface area contributed by atoms with Crippen LogP contribution in [-0.2, 0) is 4.79 Å². The minimum absolute atomic E-state index is 0.164. The molecule has 2 rings (SSSR count). The maximum absolute atomic E-state index is 11.1. The van der Waals surface area contributed by atoms with E-state index in [0.717, 1.165) is 0 Å². The van der Waals surface area contributed by atoms with Crippen LogP contribution in [0, 0.1) is 0 Å². The maximum atomic E-state index is 11.1. The Morgan fingerprint density at radius 1 is 1.53 bits per heavy atom. The molecule has 1 N–H and O–H groups in total. The second-order valence-corrected chi connectivity index (χ2v) is 3.42. The van der Waals surface area contributed by atoms with Crippen molar-refractivity contribution >= 4 is 17.6 Å². The van der Waals surface area contributed by atoms with Gasteiger partial charge in [0.15, 0.2) is 5.78 Å². The molecule has 0 unspecified atom stereocenters. The number of hydrogen-bond acceptors (Lipinski definition) is 4. The molecule has 0 amide bonds. The van der Waals surface area contributed by atoms with Gasteiger partial charge in [-0.05, 0) is 12.1 Å². The summed E-state index contributed by atoms with van der Waals surface area (Å²) in [5, 5.41) is 8.79. The molecule has 1 aliphatic heterocycles.